The lowest BCUT2D eigenvalue weighted by Gasteiger charge is -2.12. The second-order valence-corrected chi connectivity index (χ2v) is 4.26. The van der Waals surface area contributed by atoms with Crippen molar-refractivity contribution in [2.75, 3.05) is 13.6 Å². The quantitative estimate of drug-likeness (QED) is 0.736. The second kappa shape index (κ2) is 6.62. The van der Waals surface area contributed by atoms with Crippen LogP contribution in [0.5, 0.6) is 0 Å². The fourth-order valence-electron chi connectivity index (χ4n) is 1.31. The molecule has 0 amide bonds. The van der Waals surface area contributed by atoms with Crippen molar-refractivity contribution in [1.29, 1.82) is 0 Å². The molecule has 16 heavy (non-hydrogen) atoms. The maximum atomic E-state index is 10.7. The summed E-state index contributed by atoms with van der Waals surface area (Å²) in [6, 6.07) is 7.30. The highest BCUT2D eigenvalue weighted by molar-refractivity contribution is 9.10. The Morgan fingerprint density at radius 3 is 2.75 bits per heavy atom. The maximum absolute atomic E-state index is 10.7. The van der Waals surface area contributed by atoms with E-state index in [1.165, 1.54) is 0 Å². The number of hydrogen-bond acceptors (Lipinski definition) is 3. The first kappa shape index (κ1) is 13.2. The van der Waals surface area contributed by atoms with Crippen LogP contribution in [0, 0.1) is 0 Å². The number of aliphatic carboxylic acids is 1. The molecule has 3 N–H and O–H groups in total. The third-order valence-electron chi connectivity index (χ3n) is 2.27. The number of carboxylic acid groups (broad SMARTS) is 1. The normalized spacial score (nSPS) is 12.4. The number of carboxylic acids is 1. The fraction of sp³-hybridized carbons (Fsp3) is 0.364. The summed E-state index contributed by atoms with van der Waals surface area (Å²) < 4.78 is 1.03. The van der Waals surface area contributed by atoms with Gasteiger partial charge in [-0.25, -0.2) is 0 Å². The van der Waals surface area contributed by atoms with Gasteiger partial charge in [-0.2, -0.15) is 0 Å². The lowest BCUT2D eigenvalue weighted by molar-refractivity contribution is -0.139. The average Bonchev–Trinajstić information content (AvgIpc) is 2.26. The molecule has 1 unspecified atom stereocenters. The van der Waals surface area contributed by atoms with Crippen molar-refractivity contribution in [1.82, 2.24) is 10.6 Å². The SMILES string of the molecule is CNC(CNCc1ccccc1Br)C(=O)O. The summed E-state index contributed by atoms with van der Waals surface area (Å²) in [6.07, 6.45) is 0. The monoisotopic (exact) mass is 286 g/mol. The highest BCUT2D eigenvalue weighted by Crippen LogP contribution is 2.15. The molecule has 4 nitrogen and oxygen atoms in total. The Kier molecular flexibility index (Phi) is 5.45. The highest BCUT2D eigenvalue weighted by Gasteiger charge is 2.13. The summed E-state index contributed by atoms with van der Waals surface area (Å²) >= 11 is 3.44. The summed E-state index contributed by atoms with van der Waals surface area (Å²) in [5, 5.41) is 14.6. The minimum absolute atomic E-state index is 0.396. The van der Waals surface area contributed by atoms with Gasteiger partial charge in [-0.15, -0.1) is 0 Å². The van der Waals surface area contributed by atoms with E-state index in [0.717, 1.165) is 10.0 Å². The Labute approximate surface area is 103 Å². The fourth-order valence-corrected chi connectivity index (χ4v) is 1.73. The number of carbonyl (C=O) groups is 1. The van der Waals surface area contributed by atoms with E-state index in [0.29, 0.717) is 13.1 Å². The summed E-state index contributed by atoms with van der Waals surface area (Å²) in [6.45, 7) is 1.04. The molecule has 0 radical (unpaired) electrons. The molecule has 0 aliphatic heterocycles. The van der Waals surface area contributed by atoms with E-state index in [4.69, 9.17) is 5.11 Å². The van der Waals surface area contributed by atoms with Gasteiger partial charge >= 0.3 is 5.97 Å². The summed E-state index contributed by atoms with van der Waals surface area (Å²) in [5.74, 6) is -0.845. The van der Waals surface area contributed by atoms with Gasteiger partial charge in [0.15, 0.2) is 0 Å². The number of nitrogens with one attached hydrogen (secondary N) is 2. The molecule has 1 aromatic rings. The molecule has 88 valence electrons. The van der Waals surface area contributed by atoms with Gasteiger partial charge in [0.25, 0.3) is 0 Å². The lowest BCUT2D eigenvalue weighted by Crippen LogP contribution is -2.42. The van der Waals surface area contributed by atoms with E-state index in [1.807, 2.05) is 24.3 Å². The topological polar surface area (TPSA) is 61.4 Å². The molecule has 0 aliphatic carbocycles. The molecule has 0 saturated heterocycles. The van der Waals surface area contributed by atoms with E-state index < -0.39 is 12.0 Å². The Balaban J connectivity index is 2.41. The molecule has 0 bridgehead atoms. The van der Waals surface area contributed by atoms with Gasteiger partial charge in [0, 0.05) is 17.6 Å². The van der Waals surface area contributed by atoms with Crippen molar-refractivity contribution >= 4 is 21.9 Å². The van der Waals surface area contributed by atoms with Crippen molar-refractivity contribution in [2.45, 2.75) is 12.6 Å². The maximum Gasteiger partial charge on any atom is 0.322 e. The van der Waals surface area contributed by atoms with Crippen molar-refractivity contribution in [3.8, 4) is 0 Å². The van der Waals surface area contributed by atoms with Crippen LogP contribution in [0.1, 0.15) is 5.56 Å². The second-order valence-electron chi connectivity index (χ2n) is 3.40. The zero-order valence-electron chi connectivity index (χ0n) is 9.03. The summed E-state index contributed by atoms with van der Waals surface area (Å²) in [5.41, 5.74) is 1.11. The van der Waals surface area contributed by atoms with Crippen LogP contribution >= 0.6 is 15.9 Å². The number of likely N-dealkylation sites (N-methyl/N-ethyl adjacent to an activating group) is 1. The van der Waals surface area contributed by atoms with Crippen molar-refractivity contribution in [3.05, 3.63) is 34.3 Å². The first-order chi connectivity index (χ1) is 7.65. The molecule has 1 atom stereocenters. The molecule has 1 aromatic carbocycles. The van der Waals surface area contributed by atoms with E-state index in [-0.39, 0.29) is 0 Å². The van der Waals surface area contributed by atoms with Crippen LogP contribution in [0.4, 0.5) is 0 Å². The van der Waals surface area contributed by atoms with Gasteiger partial charge in [-0.05, 0) is 18.7 Å². The molecule has 1 rings (SSSR count). The van der Waals surface area contributed by atoms with Gasteiger partial charge in [0.05, 0.1) is 0 Å². The molecular weight excluding hydrogens is 272 g/mol. The van der Waals surface area contributed by atoms with Crippen LogP contribution < -0.4 is 10.6 Å². The van der Waals surface area contributed by atoms with Gasteiger partial charge in [0.1, 0.15) is 6.04 Å². The van der Waals surface area contributed by atoms with Crippen molar-refractivity contribution in [3.63, 3.8) is 0 Å². The third kappa shape index (κ3) is 3.92. The molecule has 0 fully saturated rings. The van der Waals surface area contributed by atoms with Gasteiger partial charge in [-0.3, -0.25) is 4.79 Å². The predicted molar refractivity (Wildman–Crippen MR) is 66.3 cm³/mol. The number of halogens is 1. The number of benzene rings is 1. The molecule has 0 aromatic heterocycles. The standard InChI is InChI=1S/C11H15BrN2O2/c1-13-10(11(15)16)7-14-6-8-4-2-3-5-9(8)12/h2-5,10,13-14H,6-7H2,1H3,(H,15,16). The summed E-state index contributed by atoms with van der Waals surface area (Å²) in [4.78, 5) is 10.7. The molecule has 0 heterocycles. The lowest BCUT2D eigenvalue weighted by atomic mass is 10.2. The minimum Gasteiger partial charge on any atom is -0.480 e. The number of rotatable bonds is 6. The van der Waals surface area contributed by atoms with Crippen LogP contribution in [0.15, 0.2) is 28.7 Å². The van der Waals surface area contributed by atoms with E-state index in [2.05, 4.69) is 26.6 Å². The minimum atomic E-state index is -0.845. The Morgan fingerprint density at radius 1 is 1.50 bits per heavy atom. The highest BCUT2D eigenvalue weighted by atomic mass is 79.9. The predicted octanol–water partition coefficient (Wildman–Crippen LogP) is 1.21. The van der Waals surface area contributed by atoms with Gasteiger partial charge in [0.2, 0.25) is 0 Å². The molecule has 0 spiro atoms. The Bertz CT molecular complexity index is 358. The van der Waals surface area contributed by atoms with Crippen molar-refractivity contribution in [2.24, 2.45) is 0 Å². The zero-order valence-corrected chi connectivity index (χ0v) is 10.6. The van der Waals surface area contributed by atoms with Crippen LogP contribution in [-0.2, 0) is 11.3 Å². The first-order valence-corrected chi connectivity index (χ1v) is 5.78. The Morgan fingerprint density at radius 2 is 2.19 bits per heavy atom. The van der Waals surface area contributed by atoms with Crippen LogP contribution in [0.2, 0.25) is 0 Å². The van der Waals surface area contributed by atoms with E-state index in [9.17, 15) is 4.79 Å². The number of hydrogen-bond donors (Lipinski definition) is 3. The molecular formula is C11H15BrN2O2. The molecule has 5 heteroatoms. The third-order valence-corrected chi connectivity index (χ3v) is 3.04. The largest absolute Gasteiger partial charge is 0.480 e. The van der Waals surface area contributed by atoms with Crippen LogP contribution in [0.3, 0.4) is 0 Å². The summed E-state index contributed by atoms with van der Waals surface area (Å²) in [7, 11) is 1.64. The van der Waals surface area contributed by atoms with E-state index >= 15 is 0 Å². The van der Waals surface area contributed by atoms with Gasteiger partial charge < -0.3 is 15.7 Å². The van der Waals surface area contributed by atoms with Gasteiger partial charge in [-0.1, -0.05) is 34.1 Å². The smallest absolute Gasteiger partial charge is 0.322 e. The van der Waals surface area contributed by atoms with Crippen LogP contribution in [0.25, 0.3) is 0 Å². The molecule has 0 aliphatic rings. The first-order valence-electron chi connectivity index (χ1n) is 4.99. The van der Waals surface area contributed by atoms with Crippen molar-refractivity contribution < 1.29 is 9.90 Å². The Hall–Kier alpha value is -0.910. The zero-order chi connectivity index (χ0) is 12.0. The van der Waals surface area contributed by atoms with Crippen LogP contribution in [-0.4, -0.2) is 30.7 Å². The van der Waals surface area contributed by atoms with E-state index in [1.54, 1.807) is 7.05 Å². The average molecular weight is 287 g/mol. The molecule has 0 saturated carbocycles.